The molecule has 0 saturated carbocycles. The Morgan fingerprint density at radius 2 is 2.14 bits per heavy atom. The Morgan fingerprint density at radius 3 is 2.64 bits per heavy atom. The highest BCUT2D eigenvalue weighted by atomic mass is 16.5. The third-order valence-electron chi connectivity index (χ3n) is 1.97. The molecule has 4 heteroatoms. The summed E-state index contributed by atoms with van der Waals surface area (Å²) in [5.41, 5.74) is 0.516. The number of aromatic hydroxyl groups is 1. The van der Waals surface area contributed by atoms with E-state index in [2.05, 4.69) is 10.1 Å². The summed E-state index contributed by atoms with van der Waals surface area (Å²) >= 11 is 0. The Hall–Kier alpha value is -1.55. The standard InChI is InChI=1S/C10H13NO3/c1-11-9(10(13)14-2)7-5-3-4-6-8(7)12/h3-6,9,11-12H,1-2H3. The Bertz CT molecular complexity index is 325. The lowest BCUT2D eigenvalue weighted by Gasteiger charge is -2.14. The average molecular weight is 195 g/mol. The number of ether oxygens (including phenoxy) is 1. The zero-order valence-corrected chi connectivity index (χ0v) is 8.15. The Balaban J connectivity index is 3.01. The van der Waals surface area contributed by atoms with Crippen molar-refractivity contribution in [1.29, 1.82) is 0 Å². The van der Waals surface area contributed by atoms with Crippen LogP contribution in [0.25, 0.3) is 0 Å². The van der Waals surface area contributed by atoms with Crippen molar-refractivity contribution >= 4 is 5.97 Å². The summed E-state index contributed by atoms with van der Waals surface area (Å²) in [5.74, 6) is -0.341. The molecule has 0 aliphatic heterocycles. The summed E-state index contributed by atoms with van der Waals surface area (Å²) in [5, 5.41) is 12.3. The van der Waals surface area contributed by atoms with Crippen molar-refractivity contribution in [2.45, 2.75) is 6.04 Å². The number of rotatable bonds is 3. The van der Waals surface area contributed by atoms with E-state index in [9.17, 15) is 9.90 Å². The van der Waals surface area contributed by atoms with E-state index < -0.39 is 12.0 Å². The van der Waals surface area contributed by atoms with E-state index in [4.69, 9.17) is 0 Å². The van der Waals surface area contributed by atoms with Crippen LogP contribution in [0.15, 0.2) is 24.3 Å². The Kier molecular flexibility index (Phi) is 3.48. The molecule has 1 rings (SSSR count). The first-order valence-corrected chi connectivity index (χ1v) is 4.23. The van der Waals surface area contributed by atoms with Crippen LogP contribution in [-0.4, -0.2) is 25.2 Å². The van der Waals surface area contributed by atoms with Gasteiger partial charge in [-0.2, -0.15) is 0 Å². The first-order valence-electron chi connectivity index (χ1n) is 4.23. The number of likely N-dealkylation sites (N-methyl/N-ethyl adjacent to an activating group) is 1. The molecule has 14 heavy (non-hydrogen) atoms. The number of phenols is 1. The van der Waals surface area contributed by atoms with Gasteiger partial charge in [0, 0.05) is 5.56 Å². The van der Waals surface area contributed by atoms with Crippen molar-refractivity contribution in [2.24, 2.45) is 0 Å². The number of hydrogen-bond acceptors (Lipinski definition) is 4. The molecule has 0 fully saturated rings. The molecule has 4 nitrogen and oxygen atoms in total. The predicted molar refractivity (Wildman–Crippen MR) is 51.9 cm³/mol. The fourth-order valence-electron chi connectivity index (χ4n) is 1.25. The number of nitrogens with one attached hydrogen (secondary N) is 1. The van der Waals surface area contributed by atoms with E-state index in [0.29, 0.717) is 5.56 Å². The average Bonchev–Trinajstić information content (AvgIpc) is 2.21. The molecule has 76 valence electrons. The molecule has 0 spiro atoms. The molecule has 0 saturated heterocycles. The third kappa shape index (κ3) is 2.03. The highest BCUT2D eigenvalue weighted by Crippen LogP contribution is 2.23. The molecule has 0 amide bonds. The number of hydrogen-bond donors (Lipinski definition) is 2. The summed E-state index contributed by atoms with van der Waals surface area (Å²) in [7, 11) is 2.95. The van der Waals surface area contributed by atoms with Crippen molar-refractivity contribution in [3.05, 3.63) is 29.8 Å². The zero-order chi connectivity index (χ0) is 10.6. The normalized spacial score (nSPS) is 12.1. The Labute approximate surface area is 82.5 Å². The van der Waals surface area contributed by atoms with Gasteiger partial charge in [0.05, 0.1) is 7.11 Å². The number of carbonyl (C=O) groups excluding carboxylic acids is 1. The van der Waals surface area contributed by atoms with Crippen molar-refractivity contribution in [2.75, 3.05) is 14.2 Å². The second-order valence-electron chi connectivity index (χ2n) is 2.80. The van der Waals surface area contributed by atoms with Crippen LogP contribution in [0.3, 0.4) is 0 Å². The van der Waals surface area contributed by atoms with Crippen molar-refractivity contribution < 1.29 is 14.6 Å². The predicted octanol–water partition coefficient (Wildman–Crippen LogP) is 0.826. The van der Waals surface area contributed by atoms with Gasteiger partial charge in [0.2, 0.25) is 0 Å². The summed E-state index contributed by atoms with van der Waals surface area (Å²) in [6, 6.07) is 6.03. The van der Waals surface area contributed by atoms with Crippen LogP contribution in [0.4, 0.5) is 0 Å². The minimum atomic E-state index is -0.624. The highest BCUT2D eigenvalue weighted by Gasteiger charge is 2.21. The smallest absolute Gasteiger partial charge is 0.327 e. The molecule has 1 aromatic carbocycles. The molecular weight excluding hydrogens is 182 g/mol. The second kappa shape index (κ2) is 4.62. The second-order valence-corrected chi connectivity index (χ2v) is 2.80. The van der Waals surface area contributed by atoms with Crippen molar-refractivity contribution in [3.63, 3.8) is 0 Å². The van der Waals surface area contributed by atoms with Crippen molar-refractivity contribution in [3.8, 4) is 5.75 Å². The number of para-hydroxylation sites is 1. The van der Waals surface area contributed by atoms with E-state index >= 15 is 0 Å². The van der Waals surface area contributed by atoms with Crippen molar-refractivity contribution in [1.82, 2.24) is 5.32 Å². The maximum absolute atomic E-state index is 11.3. The number of esters is 1. The minimum Gasteiger partial charge on any atom is -0.508 e. The molecule has 0 aliphatic rings. The van der Waals surface area contributed by atoms with Gasteiger partial charge in [0.25, 0.3) is 0 Å². The van der Waals surface area contributed by atoms with Crippen LogP contribution in [0.1, 0.15) is 11.6 Å². The van der Waals surface area contributed by atoms with E-state index in [-0.39, 0.29) is 5.75 Å². The Morgan fingerprint density at radius 1 is 1.50 bits per heavy atom. The largest absolute Gasteiger partial charge is 0.508 e. The molecule has 0 aromatic heterocycles. The van der Waals surface area contributed by atoms with Gasteiger partial charge in [-0.1, -0.05) is 18.2 Å². The molecule has 2 N–H and O–H groups in total. The maximum Gasteiger partial charge on any atom is 0.327 e. The monoisotopic (exact) mass is 195 g/mol. The summed E-state index contributed by atoms with van der Waals surface area (Å²) in [4.78, 5) is 11.3. The lowest BCUT2D eigenvalue weighted by molar-refractivity contribution is -0.143. The van der Waals surface area contributed by atoms with Crippen LogP contribution in [0, 0.1) is 0 Å². The molecule has 1 aromatic rings. The number of carbonyl (C=O) groups is 1. The molecule has 0 heterocycles. The minimum absolute atomic E-state index is 0.0808. The fourth-order valence-corrected chi connectivity index (χ4v) is 1.25. The summed E-state index contributed by atoms with van der Waals surface area (Å²) in [6.07, 6.45) is 0. The van der Waals surface area contributed by atoms with Gasteiger partial charge >= 0.3 is 5.97 Å². The zero-order valence-electron chi connectivity index (χ0n) is 8.15. The lowest BCUT2D eigenvalue weighted by atomic mass is 10.1. The molecule has 0 bridgehead atoms. The van der Waals surface area contributed by atoms with E-state index in [0.717, 1.165) is 0 Å². The third-order valence-corrected chi connectivity index (χ3v) is 1.97. The van der Waals surface area contributed by atoms with Gasteiger partial charge in [-0.3, -0.25) is 0 Å². The van der Waals surface area contributed by atoms with Gasteiger partial charge < -0.3 is 15.2 Å². The van der Waals surface area contributed by atoms with Crippen LogP contribution in [-0.2, 0) is 9.53 Å². The molecule has 0 radical (unpaired) electrons. The molecular formula is C10H13NO3. The highest BCUT2D eigenvalue weighted by molar-refractivity contribution is 5.78. The SMILES string of the molecule is CNC(C(=O)OC)c1ccccc1O. The number of phenolic OH excluding ortho intramolecular Hbond substituents is 1. The van der Waals surface area contributed by atoms with Gasteiger partial charge in [-0.15, -0.1) is 0 Å². The van der Waals surface area contributed by atoms with Crippen LogP contribution >= 0.6 is 0 Å². The first-order chi connectivity index (χ1) is 6.70. The van der Waals surface area contributed by atoms with E-state index in [1.54, 1.807) is 25.2 Å². The van der Waals surface area contributed by atoms with Gasteiger partial charge in [-0.25, -0.2) is 4.79 Å². The molecule has 1 unspecified atom stereocenters. The molecule has 1 atom stereocenters. The quantitative estimate of drug-likeness (QED) is 0.701. The van der Waals surface area contributed by atoms with Crippen LogP contribution < -0.4 is 5.32 Å². The van der Waals surface area contributed by atoms with Gasteiger partial charge in [-0.05, 0) is 13.1 Å². The fraction of sp³-hybridized carbons (Fsp3) is 0.300. The van der Waals surface area contributed by atoms with Crippen LogP contribution in [0.5, 0.6) is 5.75 Å². The maximum atomic E-state index is 11.3. The topological polar surface area (TPSA) is 58.6 Å². The van der Waals surface area contributed by atoms with E-state index in [1.807, 2.05) is 0 Å². The molecule has 0 aliphatic carbocycles. The first kappa shape index (κ1) is 10.5. The van der Waals surface area contributed by atoms with Gasteiger partial charge in [0.15, 0.2) is 0 Å². The van der Waals surface area contributed by atoms with E-state index in [1.165, 1.54) is 13.2 Å². The summed E-state index contributed by atoms with van der Waals surface area (Å²) < 4.78 is 4.60. The number of benzene rings is 1. The summed E-state index contributed by atoms with van der Waals surface area (Å²) in [6.45, 7) is 0. The van der Waals surface area contributed by atoms with Crippen LogP contribution in [0.2, 0.25) is 0 Å². The lowest BCUT2D eigenvalue weighted by Crippen LogP contribution is -2.26. The number of methoxy groups -OCH3 is 1. The van der Waals surface area contributed by atoms with Gasteiger partial charge in [0.1, 0.15) is 11.8 Å².